The Balaban J connectivity index is 1.33. The highest BCUT2D eigenvalue weighted by atomic mass is 16.5. The molecule has 2 aliphatic rings. The number of benzene rings is 2. The van der Waals surface area contributed by atoms with E-state index < -0.39 is 5.54 Å². The number of piperidine rings is 1. The first-order chi connectivity index (χ1) is 17.4. The molecule has 2 heterocycles. The number of rotatable bonds is 10. The zero-order valence-electron chi connectivity index (χ0n) is 22.0. The highest BCUT2D eigenvalue weighted by Crippen LogP contribution is 2.34. The molecule has 0 aliphatic carbocycles. The average Bonchev–Trinajstić information content (AvgIpc) is 2.88. The lowest BCUT2D eigenvalue weighted by atomic mass is 9.80. The number of amides is 2. The molecule has 2 aliphatic heterocycles. The van der Waals surface area contributed by atoms with Gasteiger partial charge in [-0.05, 0) is 67.9 Å². The Morgan fingerprint density at radius 3 is 2.28 bits per heavy atom. The summed E-state index contributed by atoms with van der Waals surface area (Å²) >= 11 is 0. The molecule has 2 aromatic carbocycles. The first-order valence-corrected chi connectivity index (χ1v) is 13.6. The van der Waals surface area contributed by atoms with E-state index in [9.17, 15) is 9.59 Å². The SMILES string of the molecule is CCCCN1C(=O)C(CC(C)C)NC(=O)C12CCN(CCc1ccc(Oc3ccccc3)cc1)CC2. The van der Waals surface area contributed by atoms with Crippen LogP contribution in [0.3, 0.4) is 0 Å². The molecule has 1 N–H and O–H groups in total. The molecular formula is C30H41N3O3. The molecule has 0 saturated carbocycles. The smallest absolute Gasteiger partial charge is 0.246 e. The topological polar surface area (TPSA) is 61.9 Å². The van der Waals surface area contributed by atoms with Gasteiger partial charge in [0.1, 0.15) is 23.1 Å². The Bertz CT molecular complexity index is 998. The maximum Gasteiger partial charge on any atom is 0.246 e. The first kappa shape index (κ1) is 26.2. The van der Waals surface area contributed by atoms with E-state index in [1.165, 1.54) is 5.56 Å². The number of hydrogen-bond acceptors (Lipinski definition) is 4. The Labute approximate surface area is 216 Å². The lowest BCUT2D eigenvalue weighted by Crippen LogP contribution is -2.73. The van der Waals surface area contributed by atoms with Gasteiger partial charge in [0.25, 0.3) is 0 Å². The average molecular weight is 492 g/mol. The van der Waals surface area contributed by atoms with E-state index >= 15 is 0 Å². The molecule has 2 saturated heterocycles. The fourth-order valence-electron chi connectivity index (χ4n) is 5.43. The highest BCUT2D eigenvalue weighted by molar-refractivity contribution is 6.00. The molecule has 1 atom stereocenters. The predicted octanol–water partition coefficient (Wildman–Crippen LogP) is 5.03. The molecule has 6 heteroatoms. The maximum atomic E-state index is 13.4. The van der Waals surface area contributed by atoms with Crippen molar-refractivity contribution >= 4 is 11.8 Å². The third kappa shape index (κ3) is 6.09. The quantitative estimate of drug-likeness (QED) is 0.506. The van der Waals surface area contributed by atoms with E-state index in [1.54, 1.807) is 0 Å². The van der Waals surface area contributed by atoms with Gasteiger partial charge >= 0.3 is 0 Å². The van der Waals surface area contributed by atoms with Crippen LogP contribution in [0.4, 0.5) is 0 Å². The molecule has 0 aromatic heterocycles. The molecule has 194 valence electrons. The molecule has 0 radical (unpaired) electrons. The van der Waals surface area contributed by atoms with Crippen molar-refractivity contribution in [2.45, 2.75) is 70.9 Å². The fourth-order valence-corrected chi connectivity index (χ4v) is 5.43. The second kappa shape index (κ2) is 11.9. The predicted molar refractivity (Wildman–Crippen MR) is 143 cm³/mol. The van der Waals surface area contributed by atoms with Gasteiger partial charge in [-0.15, -0.1) is 0 Å². The number of carbonyl (C=O) groups is 2. The summed E-state index contributed by atoms with van der Waals surface area (Å²) in [5.41, 5.74) is 0.578. The van der Waals surface area contributed by atoms with E-state index in [-0.39, 0.29) is 17.9 Å². The van der Waals surface area contributed by atoms with Crippen LogP contribution in [-0.4, -0.2) is 59.4 Å². The Morgan fingerprint density at radius 2 is 1.64 bits per heavy atom. The van der Waals surface area contributed by atoms with Gasteiger partial charge in [-0.2, -0.15) is 0 Å². The number of para-hydroxylation sites is 1. The fraction of sp³-hybridized carbons (Fsp3) is 0.533. The number of carbonyl (C=O) groups excluding carboxylic acids is 2. The van der Waals surface area contributed by atoms with Crippen molar-refractivity contribution in [1.82, 2.24) is 15.1 Å². The second-order valence-electron chi connectivity index (χ2n) is 10.7. The molecule has 36 heavy (non-hydrogen) atoms. The Hall–Kier alpha value is -2.86. The lowest BCUT2D eigenvalue weighted by molar-refractivity contribution is -0.161. The van der Waals surface area contributed by atoms with Crippen LogP contribution in [0.1, 0.15) is 58.4 Å². The largest absolute Gasteiger partial charge is 0.457 e. The van der Waals surface area contributed by atoms with Crippen molar-refractivity contribution in [1.29, 1.82) is 0 Å². The summed E-state index contributed by atoms with van der Waals surface area (Å²) in [6, 6.07) is 17.7. The van der Waals surface area contributed by atoms with Crippen molar-refractivity contribution in [3.8, 4) is 11.5 Å². The number of nitrogens with zero attached hydrogens (tertiary/aromatic N) is 2. The van der Waals surface area contributed by atoms with E-state index in [0.29, 0.717) is 31.7 Å². The molecular weight excluding hydrogens is 450 g/mol. The summed E-state index contributed by atoms with van der Waals surface area (Å²) in [5, 5.41) is 3.10. The van der Waals surface area contributed by atoms with Gasteiger partial charge in [-0.3, -0.25) is 9.59 Å². The number of nitrogens with one attached hydrogen (secondary N) is 1. The van der Waals surface area contributed by atoms with Crippen LogP contribution in [0.15, 0.2) is 54.6 Å². The van der Waals surface area contributed by atoms with E-state index in [4.69, 9.17) is 4.74 Å². The van der Waals surface area contributed by atoms with E-state index in [0.717, 1.165) is 50.4 Å². The summed E-state index contributed by atoms with van der Waals surface area (Å²) in [4.78, 5) is 31.2. The molecule has 1 unspecified atom stereocenters. The van der Waals surface area contributed by atoms with Gasteiger partial charge in [0.15, 0.2) is 0 Å². The third-order valence-electron chi connectivity index (χ3n) is 7.55. The molecule has 2 fully saturated rings. The van der Waals surface area contributed by atoms with Gasteiger partial charge in [-0.1, -0.05) is 57.5 Å². The van der Waals surface area contributed by atoms with Crippen molar-refractivity contribution in [2.75, 3.05) is 26.2 Å². The maximum absolute atomic E-state index is 13.4. The minimum absolute atomic E-state index is 0.0532. The minimum atomic E-state index is -0.688. The molecule has 0 bridgehead atoms. The van der Waals surface area contributed by atoms with Crippen molar-refractivity contribution in [3.63, 3.8) is 0 Å². The second-order valence-corrected chi connectivity index (χ2v) is 10.7. The highest BCUT2D eigenvalue weighted by Gasteiger charge is 2.53. The van der Waals surface area contributed by atoms with Crippen LogP contribution < -0.4 is 10.1 Å². The number of ether oxygens (including phenoxy) is 1. The van der Waals surface area contributed by atoms with E-state index in [2.05, 4.69) is 43.1 Å². The molecule has 6 nitrogen and oxygen atoms in total. The van der Waals surface area contributed by atoms with Crippen molar-refractivity contribution in [3.05, 3.63) is 60.2 Å². The number of hydrogen-bond donors (Lipinski definition) is 1. The molecule has 2 amide bonds. The summed E-state index contributed by atoms with van der Waals surface area (Å²) < 4.78 is 5.90. The van der Waals surface area contributed by atoms with Crippen LogP contribution in [-0.2, 0) is 16.0 Å². The van der Waals surface area contributed by atoms with Gasteiger partial charge in [-0.25, -0.2) is 0 Å². The van der Waals surface area contributed by atoms with Gasteiger partial charge in [0.05, 0.1) is 0 Å². The van der Waals surface area contributed by atoms with Crippen LogP contribution >= 0.6 is 0 Å². The minimum Gasteiger partial charge on any atom is -0.457 e. The number of piperazine rings is 1. The Kier molecular flexibility index (Phi) is 8.68. The first-order valence-electron chi connectivity index (χ1n) is 13.6. The Morgan fingerprint density at radius 1 is 0.972 bits per heavy atom. The van der Waals surface area contributed by atoms with Crippen LogP contribution in [0.2, 0.25) is 0 Å². The lowest BCUT2D eigenvalue weighted by Gasteiger charge is -2.52. The van der Waals surface area contributed by atoms with Crippen molar-refractivity contribution in [2.24, 2.45) is 5.92 Å². The van der Waals surface area contributed by atoms with Crippen LogP contribution in [0, 0.1) is 5.92 Å². The van der Waals surface area contributed by atoms with Gasteiger partial charge < -0.3 is 19.9 Å². The van der Waals surface area contributed by atoms with E-state index in [1.807, 2.05) is 47.4 Å². The van der Waals surface area contributed by atoms with Crippen LogP contribution in [0.25, 0.3) is 0 Å². The zero-order chi connectivity index (χ0) is 25.5. The molecule has 4 rings (SSSR count). The molecule has 2 aromatic rings. The summed E-state index contributed by atoms with van der Waals surface area (Å²) in [5.74, 6) is 2.20. The van der Waals surface area contributed by atoms with Crippen molar-refractivity contribution < 1.29 is 14.3 Å². The molecule has 1 spiro atoms. The zero-order valence-corrected chi connectivity index (χ0v) is 22.0. The van der Waals surface area contributed by atoms with Gasteiger partial charge in [0, 0.05) is 26.2 Å². The monoisotopic (exact) mass is 491 g/mol. The number of likely N-dealkylation sites (tertiary alicyclic amines) is 1. The normalized spacial score (nSPS) is 20.1. The van der Waals surface area contributed by atoms with Crippen LogP contribution in [0.5, 0.6) is 11.5 Å². The number of unbranched alkanes of at least 4 members (excludes halogenated alkanes) is 1. The summed E-state index contributed by atoms with van der Waals surface area (Å²) in [6.07, 6.45) is 4.99. The summed E-state index contributed by atoms with van der Waals surface area (Å²) in [7, 11) is 0. The summed E-state index contributed by atoms with van der Waals surface area (Å²) in [6.45, 7) is 9.60. The standard InChI is InChI=1S/C30H41N3O3/c1-4-5-18-33-28(34)27(22-23(2)3)31-29(35)30(33)16-20-32(21-17-30)19-15-24-11-13-26(14-12-24)36-25-9-7-6-8-10-25/h6-14,23,27H,4-5,15-22H2,1-3H3,(H,31,35). The third-order valence-corrected chi connectivity index (χ3v) is 7.55. The van der Waals surface area contributed by atoms with Gasteiger partial charge in [0.2, 0.25) is 11.8 Å².